The molecule has 3 aromatic rings. The molecule has 0 bridgehead atoms. The number of allylic oxidation sites excluding steroid dienone is 1. The van der Waals surface area contributed by atoms with Gasteiger partial charge in [0, 0.05) is 24.7 Å². The van der Waals surface area contributed by atoms with Crippen LogP contribution in [0.2, 0.25) is 0 Å². The van der Waals surface area contributed by atoms with Gasteiger partial charge in [0.05, 0.1) is 41.5 Å². The van der Waals surface area contributed by atoms with E-state index >= 15 is 0 Å². The highest BCUT2D eigenvalue weighted by molar-refractivity contribution is 6.37. The topological polar surface area (TPSA) is 65.8 Å². The summed E-state index contributed by atoms with van der Waals surface area (Å²) >= 11 is 0. The standard InChI is InChI=1S/C24H25N3O3/c1-14(28)17-10-19-22(16-7-5-4-6-15(16)17)23-21(30)11-20(29)18-12-26(9-8-25(2)3)13-27(19)24(18)23/h4-7,10,12,14,28H,8-9,11,13H2,1-3H3. The van der Waals surface area contributed by atoms with Crippen LogP contribution in [0.3, 0.4) is 0 Å². The monoisotopic (exact) mass is 403 g/mol. The summed E-state index contributed by atoms with van der Waals surface area (Å²) in [6.07, 6.45) is 1.19. The maximum atomic E-state index is 13.0. The predicted octanol–water partition coefficient (Wildman–Crippen LogP) is 3.18. The third-order valence-electron chi connectivity index (χ3n) is 6.18. The summed E-state index contributed by atoms with van der Waals surface area (Å²) < 4.78 is 2.09. The van der Waals surface area contributed by atoms with Crippen molar-refractivity contribution in [3.63, 3.8) is 0 Å². The second kappa shape index (κ2) is 6.79. The minimum Gasteiger partial charge on any atom is -0.389 e. The summed E-state index contributed by atoms with van der Waals surface area (Å²) in [5, 5.41) is 13.2. The number of hydrogen-bond acceptors (Lipinski definition) is 5. The quantitative estimate of drug-likeness (QED) is 0.678. The van der Waals surface area contributed by atoms with Crippen LogP contribution in [0.4, 0.5) is 0 Å². The average Bonchev–Trinajstić information content (AvgIpc) is 3.05. The van der Waals surface area contributed by atoms with E-state index in [9.17, 15) is 14.7 Å². The highest BCUT2D eigenvalue weighted by Gasteiger charge is 2.37. The summed E-state index contributed by atoms with van der Waals surface area (Å²) in [5.41, 5.74) is 3.74. The molecule has 6 heteroatoms. The smallest absolute Gasteiger partial charge is 0.174 e. The zero-order valence-corrected chi connectivity index (χ0v) is 17.5. The molecule has 1 N–H and O–H groups in total. The maximum absolute atomic E-state index is 13.0. The van der Waals surface area contributed by atoms with Crippen molar-refractivity contribution in [1.82, 2.24) is 14.4 Å². The number of carbonyl (C=O) groups excluding carboxylic acids is 2. The SMILES string of the molecule is CC(O)c1cc2c(c3c4n2CN(CCN(C)C)C=C4C(=O)CC3=O)c2ccccc12. The van der Waals surface area contributed by atoms with Crippen molar-refractivity contribution in [2.45, 2.75) is 26.1 Å². The van der Waals surface area contributed by atoms with E-state index in [1.165, 1.54) is 0 Å². The molecule has 0 saturated heterocycles. The molecule has 0 radical (unpaired) electrons. The molecule has 30 heavy (non-hydrogen) atoms. The molecule has 1 aliphatic carbocycles. The third kappa shape index (κ3) is 2.71. The largest absolute Gasteiger partial charge is 0.389 e. The van der Waals surface area contributed by atoms with Crippen LogP contribution >= 0.6 is 0 Å². The first kappa shape index (κ1) is 19.0. The van der Waals surface area contributed by atoms with E-state index in [0.717, 1.165) is 46.0 Å². The van der Waals surface area contributed by atoms with E-state index in [0.29, 0.717) is 17.8 Å². The zero-order valence-electron chi connectivity index (χ0n) is 17.5. The van der Waals surface area contributed by atoms with Gasteiger partial charge in [-0.2, -0.15) is 0 Å². The minimum atomic E-state index is -0.639. The fourth-order valence-electron chi connectivity index (χ4n) is 4.74. The zero-order chi connectivity index (χ0) is 21.2. The van der Waals surface area contributed by atoms with Crippen molar-refractivity contribution in [1.29, 1.82) is 0 Å². The van der Waals surface area contributed by atoms with Crippen molar-refractivity contribution in [2.24, 2.45) is 0 Å². The number of rotatable bonds is 4. The Balaban J connectivity index is 1.84. The van der Waals surface area contributed by atoms with Gasteiger partial charge < -0.3 is 19.5 Å². The lowest BCUT2D eigenvalue weighted by molar-refractivity contribution is -0.113. The van der Waals surface area contributed by atoms with Crippen molar-refractivity contribution in [2.75, 3.05) is 27.2 Å². The Morgan fingerprint density at radius 3 is 2.57 bits per heavy atom. The molecule has 2 aliphatic rings. The number of carbonyl (C=O) groups is 2. The first-order chi connectivity index (χ1) is 14.4. The molecular weight excluding hydrogens is 378 g/mol. The first-order valence-electron chi connectivity index (χ1n) is 10.3. The molecule has 6 nitrogen and oxygen atoms in total. The van der Waals surface area contributed by atoms with Crippen LogP contribution in [0.1, 0.15) is 41.1 Å². The van der Waals surface area contributed by atoms with Gasteiger partial charge >= 0.3 is 0 Å². The molecule has 0 amide bonds. The van der Waals surface area contributed by atoms with Gasteiger partial charge in [0.25, 0.3) is 0 Å². The Hall–Kier alpha value is -2.96. The molecule has 5 rings (SSSR count). The molecule has 1 aliphatic heterocycles. The van der Waals surface area contributed by atoms with Crippen LogP contribution in [0.15, 0.2) is 36.5 Å². The predicted molar refractivity (Wildman–Crippen MR) is 117 cm³/mol. The second-order valence-corrected chi connectivity index (χ2v) is 8.56. The van der Waals surface area contributed by atoms with Crippen molar-refractivity contribution >= 4 is 38.8 Å². The van der Waals surface area contributed by atoms with E-state index in [-0.39, 0.29) is 18.0 Å². The van der Waals surface area contributed by atoms with Gasteiger partial charge in [0.1, 0.15) is 0 Å². The fourth-order valence-corrected chi connectivity index (χ4v) is 4.74. The van der Waals surface area contributed by atoms with Crippen LogP contribution in [-0.4, -0.2) is 58.2 Å². The number of hydrogen-bond donors (Lipinski definition) is 1. The summed E-state index contributed by atoms with van der Waals surface area (Å²) in [7, 11) is 4.05. The van der Waals surface area contributed by atoms with Gasteiger partial charge in [-0.05, 0) is 43.4 Å². The molecule has 154 valence electrons. The minimum absolute atomic E-state index is 0.0913. The number of likely N-dealkylation sites (N-methyl/N-ethyl adjacent to an activating group) is 1. The van der Waals surface area contributed by atoms with Crippen molar-refractivity contribution < 1.29 is 14.7 Å². The highest BCUT2D eigenvalue weighted by Crippen LogP contribution is 2.43. The number of aromatic nitrogens is 1. The van der Waals surface area contributed by atoms with E-state index in [1.807, 2.05) is 50.6 Å². The van der Waals surface area contributed by atoms with Gasteiger partial charge in [-0.1, -0.05) is 24.3 Å². The van der Waals surface area contributed by atoms with E-state index in [4.69, 9.17) is 0 Å². The normalized spacial score (nSPS) is 17.1. The lowest BCUT2D eigenvalue weighted by Gasteiger charge is -2.31. The molecular formula is C24H25N3O3. The Bertz CT molecular complexity index is 1250. The fraction of sp³-hybridized carbons (Fsp3) is 0.333. The number of fused-ring (bicyclic) bond motifs is 5. The molecule has 0 spiro atoms. The molecule has 1 atom stereocenters. The van der Waals surface area contributed by atoms with Gasteiger partial charge in [-0.15, -0.1) is 0 Å². The Kier molecular flexibility index (Phi) is 4.31. The lowest BCUT2D eigenvalue weighted by atomic mass is 9.87. The van der Waals surface area contributed by atoms with Gasteiger partial charge in [0.2, 0.25) is 0 Å². The van der Waals surface area contributed by atoms with E-state index < -0.39 is 6.10 Å². The second-order valence-electron chi connectivity index (χ2n) is 8.56. The van der Waals surface area contributed by atoms with E-state index in [2.05, 4.69) is 14.4 Å². The van der Waals surface area contributed by atoms with Crippen LogP contribution in [-0.2, 0) is 11.5 Å². The Morgan fingerprint density at radius 2 is 1.87 bits per heavy atom. The van der Waals surface area contributed by atoms with Crippen molar-refractivity contribution in [3.05, 3.63) is 53.4 Å². The highest BCUT2D eigenvalue weighted by atomic mass is 16.3. The molecule has 2 aromatic carbocycles. The Morgan fingerprint density at radius 1 is 1.13 bits per heavy atom. The molecule has 2 heterocycles. The summed E-state index contributed by atoms with van der Waals surface area (Å²) in [6, 6.07) is 9.88. The third-order valence-corrected chi connectivity index (χ3v) is 6.18. The number of aliphatic hydroxyl groups excluding tert-OH is 1. The first-order valence-corrected chi connectivity index (χ1v) is 10.3. The van der Waals surface area contributed by atoms with Crippen molar-refractivity contribution in [3.8, 4) is 0 Å². The van der Waals surface area contributed by atoms with Crippen LogP contribution in [0.25, 0.3) is 27.2 Å². The Labute approximate surface area is 175 Å². The number of ketones is 2. The van der Waals surface area contributed by atoms with Crippen LogP contribution in [0, 0.1) is 0 Å². The number of nitrogens with zero attached hydrogens (tertiary/aromatic N) is 3. The number of Topliss-reactive ketones (excluding diaryl/α,β-unsaturated/α-hetero) is 2. The summed E-state index contributed by atoms with van der Waals surface area (Å²) in [4.78, 5) is 30.1. The number of aliphatic hydroxyl groups is 1. The average molecular weight is 403 g/mol. The van der Waals surface area contributed by atoms with E-state index in [1.54, 1.807) is 6.92 Å². The van der Waals surface area contributed by atoms with Gasteiger partial charge in [0.15, 0.2) is 11.6 Å². The summed E-state index contributed by atoms with van der Waals surface area (Å²) in [5.74, 6) is -0.237. The molecule has 0 fully saturated rings. The molecule has 1 aromatic heterocycles. The van der Waals surface area contributed by atoms with Crippen LogP contribution < -0.4 is 0 Å². The molecule has 0 saturated carbocycles. The number of benzene rings is 2. The maximum Gasteiger partial charge on any atom is 0.174 e. The van der Waals surface area contributed by atoms with Gasteiger partial charge in [-0.3, -0.25) is 9.59 Å². The van der Waals surface area contributed by atoms with Gasteiger partial charge in [-0.25, -0.2) is 0 Å². The lowest BCUT2D eigenvalue weighted by Crippen LogP contribution is -2.35. The summed E-state index contributed by atoms with van der Waals surface area (Å²) in [6.45, 7) is 3.97. The molecule has 1 unspecified atom stereocenters. The van der Waals surface area contributed by atoms with Crippen LogP contribution in [0.5, 0.6) is 0 Å².